The number of carboxylic acid groups (broad SMARTS) is 1. The molecule has 5 nitrogen and oxygen atoms in total. The van der Waals surface area contributed by atoms with E-state index in [0.717, 1.165) is 35.0 Å². The summed E-state index contributed by atoms with van der Waals surface area (Å²) in [4.78, 5) is 17.7. The largest absolute Gasteiger partial charge is 0.493 e. The van der Waals surface area contributed by atoms with Crippen molar-refractivity contribution < 1.29 is 14.6 Å². The van der Waals surface area contributed by atoms with Gasteiger partial charge in [-0.1, -0.05) is 18.2 Å². The highest BCUT2D eigenvalue weighted by Gasteiger charge is 2.26. The maximum atomic E-state index is 11.4. The Bertz CT molecular complexity index is 1110. The molecule has 158 valence electrons. The van der Waals surface area contributed by atoms with E-state index in [4.69, 9.17) is 4.74 Å². The second-order valence-electron chi connectivity index (χ2n) is 8.53. The lowest BCUT2D eigenvalue weighted by Gasteiger charge is -2.20. The number of hydrogen-bond donors (Lipinski definition) is 1. The third-order valence-electron chi connectivity index (χ3n) is 6.49. The van der Waals surface area contributed by atoms with Gasteiger partial charge in [0.25, 0.3) is 0 Å². The molecule has 1 N–H and O–H groups in total. The van der Waals surface area contributed by atoms with E-state index in [1.54, 1.807) is 12.3 Å². The van der Waals surface area contributed by atoms with Gasteiger partial charge >= 0.3 is 5.97 Å². The topological polar surface area (TPSA) is 62.7 Å². The number of rotatable bonds is 7. The lowest BCUT2D eigenvalue weighted by atomic mass is 9.93. The van der Waals surface area contributed by atoms with Crippen LogP contribution in [-0.2, 0) is 6.42 Å². The molecule has 1 aliphatic heterocycles. The van der Waals surface area contributed by atoms with Gasteiger partial charge in [-0.3, -0.25) is 4.98 Å². The zero-order valence-corrected chi connectivity index (χ0v) is 17.6. The van der Waals surface area contributed by atoms with Crippen molar-refractivity contribution >= 4 is 17.3 Å². The number of pyridine rings is 1. The van der Waals surface area contributed by atoms with Gasteiger partial charge in [0.1, 0.15) is 5.75 Å². The van der Waals surface area contributed by atoms with Crippen LogP contribution in [0.2, 0.25) is 0 Å². The van der Waals surface area contributed by atoms with Crippen LogP contribution in [0.1, 0.15) is 58.1 Å². The number of fused-ring (bicyclic) bond motifs is 1. The third kappa shape index (κ3) is 4.00. The molecular formula is C26H26N2O3. The highest BCUT2D eigenvalue weighted by molar-refractivity contribution is 5.89. The van der Waals surface area contributed by atoms with Crippen LogP contribution >= 0.6 is 0 Å². The molecule has 5 rings (SSSR count). The van der Waals surface area contributed by atoms with Crippen molar-refractivity contribution in [3.8, 4) is 5.75 Å². The summed E-state index contributed by atoms with van der Waals surface area (Å²) in [5, 5.41) is 9.38. The van der Waals surface area contributed by atoms with E-state index >= 15 is 0 Å². The molecule has 0 unspecified atom stereocenters. The van der Waals surface area contributed by atoms with Crippen LogP contribution in [-0.4, -0.2) is 29.7 Å². The number of carboxylic acids is 1. The summed E-state index contributed by atoms with van der Waals surface area (Å²) in [5.41, 5.74) is 6.00. The molecule has 5 heteroatoms. The lowest BCUT2D eigenvalue weighted by molar-refractivity contribution is 0.0695. The van der Waals surface area contributed by atoms with Crippen molar-refractivity contribution in [2.24, 2.45) is 0 Å². The van der Waals surface area contributed by atoms with Crippen molar-refractivity contribution in [2.45, 2.75) is 37.5 Å². The Labute approximate surface area is 182 Å². The van der Waals surface area contributed by atoms with E-state index in [1.807, 2.05) is 0 Å². The molecule has 1 aromatic heterocycles. The molecule has 2 aliphatic rings. The van der Waals surface area contributed by atoms with Gasteiger partial charge in [-0.15, -0.1) is 0 Å². The van der Waals surface area contributed by atoms with E-state index < -0.39 is 5.97 Å². The zero-order chi connectivity index (χ0) is 21.4. The Hall–Kier alpha value is -3.34. The van der Waals surface area contributed by atoms with Crippen molar-refractivity contribution in [1.29, 1.82) is 0 Å². The fourth-order valence-corrected chi connectivity index (χ4v) is 4.41. The van der Waals surface area contributed by atoms with E-state index in [-0.39, 0.29) is 5.92 Å². The number of ether oxygens (including phenoxy) is 1. The maximum absolute atomic E-state index is 11.4. The highest BCUT2D eigenvalue weighted by Crippen LogP contribution is 2.42. The average Bonchev–Trinajstić information content (AvgIpc) is 3.57. The van der Waals surface area contributed by atoms with Gasteiger partial charge in [0.05, 0.1) is 12.2 Å². The minimum Gasteiger partial charge on any atom is -0.493 e. The maximum Gasteiger partial charge on any atom is 0.336 e. The number of aromatic carboxylic acids is 1. The third-order valence-corrected chi connectivity index (χ3v) is 6.49. The van der Waals surface area contributed by atoms with Crippen molar-refractivity contribution in [3.63, 3.8) is 0 Å². The molecule has 2 heterocycles. The van der Waals surface area contributed by atoms with Crippen molar-refractivity contribution in [2.75, 3.05) is 18.6 Å². The van der Waals surface area contributed by atoms with Crippen LogP contribution in [0.25, 0.3) is 0 Å². The smallest absolute Gasteiger partial charge is 0.336 e. The Balaban J connectivity index is 1.29. The first kappa shape index (κ1) is 19.6. The minimum atomic E-state index is -0.904. The summed E-state index contributed by atoms with van der Waals surface area (Å²) >= 11 is 0. The first-order valence-electron chi connectivity index (χ1n) is 10.9. The Kier molecular flexibility index (Phi) is 5.10. The van der Waals surface area contributed by atoms with Crippen LogP contribution in [0, 0.1) is 0 Å². The number of anilines is 2. The van der Waals surface area contributed by atoms with Crippen LogP contribution in [0.5, 0.6) is 5.75 Å². The van der Waals surface area contributed by atoms with E-state index in [1.165, 1.54) is 30.2 Å². The van der Waals surface area contributed by atoms with Crippen molar-refractivity contribution in [3.05, 3.63) is 83.2 Å². The van der Waals surface area contributed by atoms with Crippen LogP contribution in [0.4, 0.5) is 11.4 Å². The van der Waals surface area contributed by atoms with E-state index in [0.29, 0.717) is 18.6 Å². The van der Waals surface area contributed by atoms with Crippen LogP contribution in [0.15, 0.2) is 60.9 Å². The van der Waals surface area contributed by atoms with Crippen LogP contribution in [0.3, 0.4) is 0 Å². The predicted molar refractivity (Wildman–Crippen MR) is 121 cm³/mol. The number of aryl methyl sites for hydroxylation is 1. The number of hydrogen-bond acceptors (Lipinski definition) is 4. The highest BCUT2D eigenvalue weighted by atomic mass is 16.5. The monoisotopic (exact) mass is 414 g/mol. The Morgan fingerprint density at radius 1 is 1.13 bits per heavy atom. The average molecular weight is 415 g/mol. The van der Waals surface area contributed by atoms with Gasteiger partial charge in [0, 0.05) is 48.4 Å². The molecule has 0 spiro atoms. The first-order chi connectivity index (χ1) is 15.1. The fourth-order valence-electron chi connectivity index (χ4n) is 4.41. The molecule has 1 atom stereocenters. The number of nitrogens with zero attached hydrogens (tertiary/aromatic N) is 2. The molecule has 1 fully saturated rings. The summed E-state index contributed by atoms with van der Waals surface area (Å²) in [7, 11) is 2.08. The quantitative estimate of drug-likeness (QED) is 0.550. The fraction of sp³-hybridized carbons (Fsp3) is 0.308. The normalized spacial score (nSPS) is 17.1. The molecule has 1 aliphatic carbocycles. The summed E-state index contributed by atoms with van der Waals surface area (Å²) < 4.78 is 6.00. The second kappa shape index (κ2) is 8.06. The lowest BCUT2D eigenvalue weighted by Crippen LogP contribution is -2.09. The van der Waals surface area contributed by atoms with Gasteiger partial charge < -0.3 is 14.7 Å². The molecule has 1 saturated carbocycles. The molecule has 0 amide bonds. The number of benzene rings is 2. The summed E-state index contributed by atoms with van der Waals surface area (Å²) in [6.07, 6.45) is 7.31. The number of aromatic nitrogens is 1. The second-order valence-corrected chi connectivity index (χ2v) is 8.53. The molecule has 0 bridgehead atoms. The Morgan fingerprint density at radius 3 is 2.65 bits per heavy atom. The van der Waals surface area contributed by atoms with Gasteiger partial charge in [-0.25, -0.2) is 4.79 Å². The van der Waals surface area contributed by atoms with Crippen LogP contribution < -0.4 is 9.64 Å². The summed E-state index contributed by atoms with van der Waals surface area (Å²) in [6, 6.07) is 16.8. The molecule has 0 saturated heterocycles. The molecular weight excluding hydrogens is 388 g/mol. The summed E-state index contributed by atoms with van der Waals surface area (Å²) in [5.74, 6) is 1.05. The van der Waals surface area contributed by atoms with Gasteiger partial charge in [0.2, 0.25) is 0 Å². The van der Waals surface area contributed by atoms with E-state index in [9.17, 15) is 9.90 Å². The SMILES string of the molecule is CN(c1ccc(C2CC2)cc1)c1ccc2c(c1)OC[C@@H]2CCc1cnccc1C(=O)O. The van der Waals surface area contributed by atoms with E-state index in [2.05, 4.69) is 59.4 Å². The van der Waals surface area contributed by atoms with Crippen molar-refractivity contribution in [1.82, 2.24) is 4.98 Å². The molecule has 31 heavy (non-hydrogen) atoms. The molecule has 3 aromatic rings. The standard InChI is InChI=1S/C26H26N2O3/c1-28(21-8-6-18(7-9-21)17-2-3-17)22-10-11-23-20(16-31-25(23)14-22)5-4-19-15-27-13-12-24(19)26(29)30/h6-15,17,20H,2-5,16H2,1H3,(H,29,30)/t20-/m0/s1. The zero-order valence-electron chi connectivity index (χ0n) is 17.6. The number of carbonyl (C=O) groups is 1. The summed E-state index contributed by atoms with van der Waals surface area (Å²) in [6.45, 7) is 0.626. The Morgan fingerprint density at radius 2 is 1.90 bits per heavy atom. The minimum absolute atomic E-state index is 0.258. The molecule has 0 radical (unpaired) electrons. The first-order valence-corrected chi connectivity index (χ1v) is 10.9. The van der Waals surface area contributed by atoms with Gasteiger partial charge in [0.15, 0.2) is 0 Å². The molecule has 2 aromatic carbocycles. The predicted octanol–water partition coefficient (Wildman–Crippen LogP) is 5.53. The van der Waals surface area contributed by atoms with Gasteiger partial charge in [-0.05, 0) is 67.0 Å². The van der Waals surface area contributed by atoms with Gasteiger partial charge in [-0.2, -0.15) is 0 Å².